The van der Waals surface area contributed by atoms with Crippen molar-refractivity contribution in [3.63, 3.8) is 0 Å². The molecule has 0 aromatic heterocycles. The summed E-state index contributed by atoms with van der Waals surface area (Å²) in [5.74, 6) is 0.793. The monoisotopic (exact) mass is 835 g/mol. The fraction of sp³-hybridized carbons (Fsp3) is 0.943. The molecule has 0 N–H and O–H groups in total. The van der Waals surface area contributed by atoms with Crippen molar-refractivity contribution in [2.45, 2.75) is 298 Å². The Balaban J connectivity index is 4.25. The first-order valence-corrected chi connectivity index (χ1v) is 26.2. The minimum atomic E-state index is -0.761. The average molecular weight is 835 g/mol. The minimum Gasteiger partial charge on any atom is -0.462 e. The summed E-state index contributed by atoms with van der Waals surface area (Å²) < 4.78 is 16.8. The third-order valence-corrected chi connectivity index (χ3v) is 12.0. The molecule has 0 amide bonds. The molecule has 0 aliphatic carbocycles. The number of unbranched alkanes of at least 4 members (excludes halogenated alkanes) is 32. The van der Waals surface area contributed by atoms with Crippen LogP contribution in [0.5, 0.6) is 0 Å². The molecule has 0 saturated heterocycles. The number of hydrogen-bond donors (Lipinski definition) is 0. The van der Waals surface area contributed by atoms with Crippen LogP contribution in [0.2, 0.25) is 0 Å². The van der Waals surface area contributed by atoms with Gasteiger partial charge in [-0.25, -0.2) is 0 Å². The smallest absolute Gasteiger partial charge is 0.306 e. The predicted octanol–water partition coefficient (Wildman–Crippen LogP) is 16.9. The molecule has 6 heteroatoms. The molecule has 350 valence electrons. The molecule has 0 bridgehead atoms. The van der Waals surface area contributed by atoms with Crippen molar-refractivity contribution in [2.75, 3.05) is 13.2 Å². The van der Waals surface area contributed by atoms with Gasteiger partial charge in [-0.15, -0.1) is 0 Å². The van der Waals surface area contributed by atoms with E-state index in [9.17, 15) is 14.4 Å². The molecule has 0 fully saturated rings. The number of rotatable bonds is 47. The summed E-state index contributed by atoms with van der Waals surface area (Å²) in [7, 11) is 0. The van der Waals surface area contributed by atoms with Crippen LogP contribution in [0.15, 0.2) is 0 Å². The Labute approximate surface area is 368 Å². The first-order valence-electron chi connectivity index (χ1n) is 26.2. The summed E-state index contributed by atoms with van der Waals surface area (Å²) in [6.07, 6.45) is 46.6. The van der Waals surface area contributed by atoms with E-state index in [-0.39, 0.29) is 31.1 Å². The quantitative estimate of drug-likeness (QED) is 0.0345. The van der Waals surface area contributed by atoms with Crippen molar-refractivity contribution in [3.8, 4) is 0 Å². The second kappa shape index (κ2) is 45.9. The van der Waals surface area contributed by atoms with Crippen molar-refractivity contribution in [3.05, 3.63) is 0 Å². The summed E-state index contributed by atoms with van der Waals surface area (Å²) in [6, 6.07) is 0. The van der Waals surface area contributed by atoms with Gasteiger partial charge >= 0.3 is 17.9 Å². The number of ether oxygens (including phenoxy) is 3. The van der Waals surface area contributed by atoms with Crippen LogP contribution in [0, 0.1) is 11.8 Å². The third-order valence-electron chi connectivity index (χ3n) is 12.0. The van der Waals surface area contributed by atoms with Gasteiger partial charge in [-0.1, -0.05) is 253 Å². The third kappa shape index (κ3) is 47.3. The van der Waals surface area contributed by atoms with Gasteiger partial charge in [0.2, 0.25) is 0 Å². The molecule has 59 heavy (non-hydrogen) atoms. The molecule has 6 nitrogen and oxygen atoms in total. The summed E-state index contributed by atoms with van der Waals surface area (Å²) in [5, 5.41) is 0. The Hall–Kier alpha value is -1.59. The van der Waals surface area contributed by atoms with Crippen LogP contribution >= 0.6 is 0 Å². The Morgan fingerprint density at radius 2 is 0.559 bits per heavy atom. The maximum absolute atomic E-state index is 12.8. The average Bonchev–Trinajstić information content (AvgIpc) is 3.20. The number of carbonyl (C=O) groups is 3. The lowest BCUT2D eigenvalue weighted by atomic mass is 10.0. The molecule has 0 aromatic carbocycles. The second-order valence-corrected chi connectivity index (χ2v) is 19.1. The van der Waals surface area contributed by atoms with Crippen molar-refractivity contribution < 1.29 is 28.6 Å². The molecule has 0 aliphatic rings. The van der Waals surface area contributed by atoms with Crippen LogP contribution in [-0.4, -0.2) is 37.2 Å². The van der Waals surface area contributed by atoms with E-state index < -0.39 is 6.10 Å². The largest absolute Gasteiger partial charge is 0.462 e. The highest BCUT2D eigenvalue weighted by Gasteiger charge is 2.19. The summed E-state index contributed by atoms with van der Waals surface area (Å²) in [4.78, 5) is 37.9. The van der Waals surface area contributed by atoms with Gasteiger partial charge in [0, 0.05) is 19.3 Å². The lowest BCUT2D eigenvalue weighted by molar-refractivity contribution is -0.167. The number of hydrogen-bond acceptors (Lipinski definition) is 6. The molecule has 0 aromatic rings. The molecule has 0 saturated carbocycles. The van der Waals surface area contributed by atoms with Gasteiger partial charge in [0.05, 0.1) is 0 Å². The lowest BCUT2D eigenvalue weighted by Crippen LogP contribution is -2.30. The van der Waals surface area contributed by atoms with Gasteiger partial charge < -0.3 is 14.2 Å². The zero-order chi connectivity index (χ0) is 43.3. The molecule has 1 atom stereocenters. The second-order valence-electron chi connectivity index (χ2n) is 19.1. The van der Waals surface area contributed by atoms with E-state index in [0.717, 1.165) is 69.6 Å². The molecule has 0 radical (unpaired) electrons. The highest BCUT2D eigenvalue weighted by Crippen LogP contribution is 2.17. The highest BCUT2D eigenvalue weighted by atomic mass is 16.6. The Morgan fingerprint density at radius 1 is 0.322 bits per heavy atom. The Kier molecular flexibility index (Phi) is 44.7. The predicted molar refractivity (Wildman–Crippen MR) is 252 cm³/mol. The van der Waals surface area contributed by atoms with Gasteiger partial charge in [-0.2, -0.15) is 0 Å². The molecular formula is C53H102O6. The van der Waals surface area contributed by atoms with Gasteiger partial charge in [0.1, 0.15) is 13.2 Å². The molecule has 0 unspecified atom stereocenters. The Morgan fingerprint density at radius 3 is 0.831 bits per heavy atom. The fourth-order valence-electron chi connectivity index (χ4n) is 7.99. The SMILES string of the molecule is CCCCCCCCCCCCCCC(=O)OC[C@H](COC(=O)CCCCCCCCCCCCCCCCCC(C)C)OC(=O)CCCCCCCCCCC(C)C. The van der Waals surface area contributed by atoms with Crippen LogP contribution in [-0.2, 0) is 28.6 Å². The Bertz CT molecular complexity index is 900. The summed E-state index contributed by atoms with van der Waals surface area (Å²) in [5.41, 5.74) is 0. The normalized spacial score (nSPS) is 12.1. The van der Waals surface area contributed by atoms with Crippen molar-refractivity contribution in [2.24, 2.45) is 11.8 Å². The molecular weight excluding hydrogens is 733 g/mol. The van der Waals surface area contributed by atoms with E-state index >= 15 is 0 Å². The van der Waals surface area contributed by atoms with Crippen LogP contribution in [0.3, 0.4) is 0 Å². The maximum atomic E-state index is 12.8. The standard InChI is InChI=1S/C53H102O6/c1-6-7-8-9-10-11-12-19-22-28-33-38-43-51(54)57-46-50(59-53(56)45-40-35-30-25-24-27-32-37-42-49(4)5)47-58-52(55)44-39-34-29-23-20-17-15-13-14-16-18-21-26-31-36-41-48(2)3/h48-50H,6-47H2,1-5H3/t50-/m1/s1. The van der Waals surface area contributed by atoms with E-state index in [0.29, 0.717) is 19.3 Å². The number of esters is 3. The fourth-order valence-corrected chi connectivity index (χ4v) is 7.99. The van der Waals surface area contributed by atoms with Gasteiger partial charge in [-0.3, -0.25) is 14.4 Å². The van der Waals surface area contributed by atoms with Crippen LogP contribution in [0.25, 0.3) is 0 Å². The van der Waals surface area contributed by atoms with Gasteiger partial charge in [-0.05, 0) is 31.1 Å². The van der Waals surface area contributed by atoms with E-state index in [1.165, 1.54) is 180 Å². The van der Waals surface area contributed by atoms with E-state index in [2.05, 4.69) is 34.6 Å². The van der Waals surface area contributed by atoms with Gasteiger partial charge in [0.15, 0.2) is 6.10 Å². The van der Waals surface area contributed by atoms with Crippen LogP contribution in [0.1, 0.15) is 291 Å². The van der Waals surface area contributed by atoms with Gasteiger partial charge in [0.25, 0.3) is 0 Å². The van der Waals surface area contributed by atoms with Crippen LogP contribution < -0.4 is 0 Å². The lowest BCUT2D eigenvalue weighted by Gasteiger charge is -2.18. The van der Waals surface area contributed by atoms with E-state index in [4.69, 9.17) is 14.2 Å². The van der Waals surface area contributed by atoms with Crippen molar-refractivity contribution in [1.82, 2.24) is 0 Å². The van der Waals surface area contributed by atoms with E-state index in [1.807, 2.05) is 0 Å². The minimum absolute atomic E-state index is 0.0639. The number of carbonyl (C=O) groups excluding carboxylic acids is 3. The maximum Gasteiger partial charge on any atom is 0.306 e. The zero-order valence-corrected chi connectivity index (χ0v) is 40.4. The molecule has 0 heterocycles. The van der Waals surface area contributed by atoms with Crippen molar-refractivity contribution in [1.29, 1.82) is 0 Å². The first-order chi connectivity index (χ1) is 28.7. The first kappa shape index (κ1) is 57.4. The van der Waals surface area contributed by atoms with Crippen molar-refractivity contribution >= 4 is 17.9 Å². The molecule has 0 rings (SSSR count). The molecule has 0 spiro atoms. The highest BCUT2D eigenvalue weighted by molar-refractivity contribution is 5.71. The summed E-state index contributed by atoms with van der Waals surface area (Å²) >= 11 is 0. The topological polar surface area (TPSA) is 78.9 Å². The van der Waals surface area contributed by atoms with Crippen LogP contribution in [0.4, 0.5) is 0 Å². The zero-order valence-electron chi connectivity index (χ0n) is 40.4. The van der Waals surface area contributed by atoms with E-state index in [1.54, 1.807) is 0 Å². The summed E-state index contributed by atoms with van der Waals surface area (Å²) in [6.45, 7) is 11.4. The molecule has 0 aliphatic heterocycles.